The molecule has 0 aliphatic rings. The summed E-state index contributed by atoms with van der Waals surface area (Å²) in [5, 5.41) is 24.2. The van der Waals surface area contributed by atoms with Gasteiger partial charge in [0.25, 0.3) is 5.69 Å². The normalized spacial score (nSPS) is 13.8. The van der Waals surface area contributed by atoms with Crippen LogP contribution in [0.4, 0.5) is 14.5 Å². The van der Waals surface area contributed by atoms with Crippen molar-refractivity contribution < 1.29 is 18.8 Å². The summed E-state index contributed by atoms with van der Waals surface area (Å²) in [7, 11) is 0. The number of rotatable bonds is 7. The molecule has 2 rings (SSSR count). The molecule has 0 aromatic heterocycles. The Labute approximate surface area is 143 Å². The number of nitro benzene ring substituents is 1. The predicted octanol–water partition coefficient (Wildman–Crippen LogP) is 3.38. The number of nitrogens with one attached hydrogen (secondary N) is 1. The Morgan fingerprint density at radius 3 is 2.68 bits per heavy atom. The van der Waals surface area contributed by atoms with E-state index >= 15 is 0 Å². The summed E-state index contributed by atoms with van der Waals surface area (Å²) in [4.78, 5) is 10.5. The number of hydrogen-bond acceptors (Lipinski definition) is 4. The smallest absolute Gasteiger partial charge is 0.276 e. The Hall–Kier alpha value is -2.64. The Kier molecular flexibility index (Phi) is 5.95. The monoisotopic (exact) mass is 348 g/mol. The summed E-state index contributed by atoms with van der Waals surface area (Å²) in [5.74, 6) is -1.53. The maximum atomic E-state index is 13.8. The summed E-state index contributed by atoms with van der Waals surface area (Å²) < 4.78 is 26.7. The van der Waals surface area contributed by atoms with Gasteiger partial charge < -0.3 is 10.4 Å². The molecule has 2 aromatic carbocycles. The van der Waals surface area contributed by atoms with Gasteiger partial charge in [0.1, 0.15) is 17.2 Å². The van der Waals surface area contributed by atoms with Gasteiger partial charge in [-0.1, -0.05) is 30.4 Å². The summed E-state index contributed by atoms with van der Waals surface area (Å²) in [5.41, 5.74) is -1.07. The maximum absolute atomic E-state index is 13.8. The molecule has 0 saturated carbocycles. The van der Waals surface area contributed by atoms with Gasteiger partial charge in [0, 0.05) is 30.8 Å². The first kappa shape index (κ1) is 18.7. The third kappa shape index (κ3) is 4.91. The minimum atomic E-state index is -1.52. The predicted molar refractivity (Wildman–Crippen MR) is 90.9 cm³/mol. The van der Waals surface area contributed by atoms with Crippen molar-refractivity contribution in [3.05, 3.63) is 81.4 Å². The molecule has 0 radical (unpaired) electrons. The van der Waals surface area contributed by atoms with Crippen molar-refractivity contribution in [3.8, 4) is 0 Å². The Morgan fingerprint density at radius 1 is 1.28 bits per heavy atom. The van der Waals surface area contributed by atoms with Gasteiger partial charge in [0.15, 0.2) is 0 Å². The number of benzene rings is 2. The lowest BCUT2D eigenvalue weighted by Gasteiger charge is -2.24. The zero-order valence-electron chi connectivity index (χ0n) is 13.6. The minimum Gasteiger partial charge on any atom is -0.384 e. The third-order valence-corrected chi connectivity index (χ3v) is 3.67. The SMILES string of the molecule is CC(O)(CNC/C=C/c1ccccc1[N+](=O)[O-])c1ccc(F)cc1F. The zero-order valence-corrected chi connectivity index (χ0v) is 13.6. The highest BCUT2D eigenvalue weighted by Crippen LogP contribution is 2.23. The molecule has 0 aliphatic heterocycles. The van der Waals surface area contributed by atoms with Crippen LogP contribution in [0.1, 0.15) is 18.1 Å². The minimum absolute atomic E-state index is 0.000806. The quantitative estimate of drug-likeness (QED) is 0.457. The van der Waals surface area contributed by atoms with Crippen LogP contribution in [-0.4, -0.2) is 23.1 Å². The van der Waals surface area contributed by atoms with Crippen molar-refractivity contribution in [2.24, 2.45) is 0 Å². The lowest BCUT2D eigenvalue weighted by atomic mass is 9.95. The summed E-state index contributed by atoms with van der Waals surface area (Å²) in [6.45, 7) is 1.75. The van der Waals surface area contributed by atoms with Crippen molar-refractivity contribution in [1.29, 1.82) is 0 Å². The second-order valence-corrected chi connectivity index (χ2v) is 5.75. The van der Waals surface area contributed by atoms with E-state index in [1.54, 1.807) is 30.4 Å². The van der Waals surface area contributed by atoms with Crippen LogP contribution >= 0.6 is 0 Å². The lowest BCUT2D eigenvalue weighted by molar-refractivity contribution is -0.385. The Morgan fingerprint density at radius 2 is 2.00 bits per heavy atom. The van der Waals surface area contributed by atoms with Crippen molar-refractivity contribution >= 4 is 11.8 Å². The van der Waals surface area contributed by atoms with E-state index in [4.69, 9.17) is 0 Å². The van der Waals surface area contributed by atoms with E-state index < -0.39 is 22.2 Å². The number of para-hydroxylation sites is 1. The molecule has 25 heavy (non-hydrogen) atoms. The van der Waals surface area contributed by atoms with Crippen LogP contribution < -0.4 is 5.32 Å². The fraction of sp³-hybridized carbons (Fsp3) is 0.222. The maximum Gasteiger partial charge on any atom is 0.276 e. The molecule has 0 saturated heterocycles. The average Bonchev–Trinajstić information content (AvgIpc) is 2.54. The number of hydrogen-bond donors (Lipinski definition) is 2. The van der Waals surface area contributed by atoms with Crippen molar-refractivity contribution in [2.45, 2.75) is 12.5 Å². The van der Waals surface area contributed by atoms with Crippen LogP contribution in [0.3, 0.4) is 0 Å². The fourth-order valence-corrected chi connectivity index (χ4v) is 2.40. The first-order valence-electron chi connectivity index (χ1n) is 7.60. The van der Waals surface area contributed by atoms with E-state index in [2.05, 4.69) is 5.32 Å². The topological polar surface area (TPSA) is 75.4 Å². The van der Waals surface area contributed by atoms with Crippen LogP contribution in [0.15, 0.2) is 48.5 Å². The standard InChI is InChI=1S/C18H18F2N2O3/c1-18(23,15-9-8-14(19)11-16(15)20)12-21-10-4-6-13-5-2-3-7-17(13)22(24)25/h2-9,11,21,23H,10,12H2,1H3/b6-4+. The van der Waals surface area contributed by atoms with Crippen LogP contribution in [0.25, 0.3) is 6.08 Å². The number of nitrogens with zero attached hydrogens (tertiary/aromatic N) is 1. The van der Waals surface area contributed by atoms with Gasteiger partial charge in [-0.25, -0.2) is 8.78 Å². The van der Waals surface area contributed by atoms with Crippen LogP contribution in [-0.2, 0) is 5.60 Å². The van der Waals surface area contributed by atoms with Crippen LogP contribution in [0, 0.1) is 21.7 Å². The van der Waals surface area contributed by atoms with E-state index in [0.717, 1.165) is 12.1 Å². The van der Waals surface area contributed by atoms with Gasteiger partial charge in [0.2, 0.25) is 0 Å². The highest BCUT2D eigenvalue weighted by atomic mass is 19.1. The van der Waals surface area contributed by atoms with Crippen LogP contribution in [0.2, 0.25) is 0 Å². The summed E-state index contributed by atoms with van der Waals surface area (Å²) in [6, 6.07) is 9.33. The Bertz CT molecular complexity index is 792. The molecular weight excluding hydrogens is 330 g/mol. The van der Waals surface area contributed by atoms with E-state index in [9.17, 15) is 24.0 Å². The molecule has 2 N–H and O–H groups in total. The lowest BCUT2D eigenvalue weighted by Crippen LogP contribution is -2.36. The highest BCUT2D eigenvalue weighted by molar-refractivity contribution is 5.60. The molecule has 132 valence electrons. The molecule has 0 bridgehead atoms. The van der Waals surface area contributed by atoms with Crippen molar-refractivity contribution in [2.75, 3.05) is 13.1 Å². The molecular formula is C18H18F2N2O3. The second-order valence-electron chi connectivity index (χ2n) is 5.75. The summed E-state index contributed by atoms with van der Waals surface area (Å²) >= 11 is 0. The molecule has 2 aromatic rings. The van der Waals surface area contributed by atoms with Crippen molar-refractivity contribution in [1.82, 2.24) is 5.32 Å². The van der Waals surface area contributed by atoms with Gasteiger partial charge in [-0.05, 0) is 19.1 Å². The van der Waals surface area contributed by atoms with Gasteiger partial charge in [0.05, 0.1) is 10.5 Å². The van der Waals surface area contributed by atoms with Gasteiger partial charge >= 0.3 is 0 Å². The zero-order chi connectivity index (χ0) is 18.4. The van der Waals surface area contributed by atoms with Crippen molar-refractivity contribution in [3.63, 3.8) is 0 Å². The molecule has 7 heteroatoms. The van der Waals surface area contributed by atoms with E-state index in [1.165, 1.54) is 19.1 Å². The largest absolute Gasteiger partial charge is 0.384 e. The molecule has 0 amide bonds. The van der Waals surface area contributed by atoms with E-state index in [1.807, 2.05) is 0 Å². The van der Waals surface area contributed by atoms with E-state index in [0.29, 0.717) is 12.1 Å². The number of halogens is 2. The molecule has 5 nitrogen and oxygen atoms in total. The molecule has 1 atom stereocenters. The summed E-state index contributed by atoms with van der Waals surface area (Å²) in [6.07, 6.45) is 3.26. The average molecular weight is 348 g/mol. The molecule has 0 spiro atoms. The third-order valence-electron chi connectivity index (χ3n) is 3.67. The van der Waals surface area contributed by atoms with E-state index in [-0.39, 0.29) is 17.8 Å². The number of aliphatic hydroxyl groups is 1. The molecule has 0 aliphatic carbocycles. The highest BCUT2D eigenvalue weighted by Gasteiger charge is 2.26. The van der Waals surface area contributed by atoms with Gasteiger partial charge in [-0.2, -0.15) is 0 Å². The Balaban J connectivity index is 1.95. The molecule has 1 unspecified atom stereocenters. The van der Waals surface area contributed by atoms with Gasteiger partial charge in [-0.15, -0.1) is 0 Å². The second kappa shape index (κ2) is 7.96. The molecule has 0 fully saturated rings. The first-order valence-corrected chi connectivity index (χ1v) is 7.60. The number of nitro groups is 1. The fourth-order valence-electron chi connectivity index (χ4n) is 2.40. The van der Waals surface area contributed by atoms with Gasteiger partial charge in [-0.3, -0.25) is 10.1 Å². The first-order chi connectivity index (χ1) is 11.8. The molecule has 0 heterocycles. The van der Waals surface area contributed by atoms with Crippen LogP contribution in [0.5, 0.6) is 0 Å².